The first-order valence-corrected chi connectivity index (χ1v) is 13.2. The van der Waals surface area contributed by atoms with E-state index in [1.54, 1.807) is 24.3 Å². The summed E-state index contributed by atoms with van der Waals surface area (Å²) >= 11 is 12.3. The van der Waals surface area contributed by atoms with Gasteiger partial charge in [-0.2, -0.15) is 22.8 Å². The van der Waals surface area contributed by atoms with Gasteiger partial charge in [0, 0.05) is 29.6 Å². The van der Waals surface area contributed by atoms with E-state index in [1.165, 1.54) is 28.9 Å². The number of hydrogen-bond donors (Lipinski definition) is 3. The molecule has 1 amide bonds. The molecular weight excluding hydrogens is 588 g/mol. The van der Waals surface area contributed by atoms with E-state index in [0.717, 1.165) is 9.25 Å². The lowest BCUT2D eigenvalue weighted by atomic mass is 10.2. The number of alkyl halides is 3. The maximum absolute atomic E-state index is 13.3. The minimum Gasteiger partial charge on any atom is -0.382 e. The van der Waals surface area contributed by atoms with E-state index in [4.69, 9.17) is 23.2 Å². The first kappa shape index (κ1) is 28.6. The second-order valence-electron chi connectivity index (χ2n) is 9.34. The van der Waals surface area contributed by atoms with Gasteiger partial charge in [-0.15, -0.1) is 10.2 Å². The number of amides is 1. The number of nitrogens with one attached hydrogen (secondary N) is 2. The van der Waals surface area contributed by atoms with Crippen molar-refractivity contribution in [2.45, 2.75) is 44.3 Å². The molecule has 216 valence electrons. The van der Waals surface area contributed by atoms with Crippen LogP contribution in [0.2, 0.25) is 10.0 Å². The Kier molecular flexibility index (Phi) is 8.07. The summed E-state index contributed by atoms with van der Waals surface area (Å²) in [6.45, 7) is -1.03. The Bertz CT molecular complexity index is 1620. The molecule has 16 heteroatoms. The molecule has 2 aromatic carbocycles. The minimum atomic E-state index is -4.95. The van der Waals surface area contributed by atoms with Gasteiger partial charge in [0.15, 0.2) is 17.8 Å². The van der Waals surface area contributed by atoms with Crippen LogP contribution in [0.25, 0.3) is 17.1 Å². The summed E-state index contributed by atoms with van der Waals surface area (Å²) in [4.78, 5) is 29.3. The van der Waals surface area contributed by atoms with Crippen molar-refractivity contribution < 1.29 is 23.1 Å². The Balaban J connectivity index is 1.50. The average molecular weight is 611 g/mol. The molecule has 3 N–H and O–H groups in total. The summed E-state index contributed by atoms with van der Waals surface area (Å²) in [6.07, 6.45) is -6.69. The topological polar surface area (TPSA) is 132 Å². The Morgan fingerprint density at radius 3 is 2.49 bits per heavy atom. The Morgan fingerprint density at radius 2 is 1.83 bits per heavy atom. The van der Waals surface area contributed by atoms with Gasteiger partial charge in [-0.25, -0.2) is 9.48 Å². The molecule has 1 aliphatic rings. The molecule has 11 nitrogen and oxygen atoms in total. The predicted molar refractivity (Wildman–Crippen MR) is 144 cm³/mol. The van der Waals surface area contributed by atoms with Crippen LogP contribution in [0.1, 0.15) is 18.7 Å². The minimum absolute atomic E-state index is 0.0489. The molecule has 0 saturated carbocycles. The number of para-hydroxylation sites is 1. The summed E-state index contributed by atoms with van der Waals surface area (Å²) in [5, 5.41) is 25.2. The van der Waals surface area contributed by atoms with Crippen LogP contribution in [-0.2, 0) is 17.9 Å². The molecule has 41 heavy (non-hydrogen) atoms. The number of nitrogens with zero attached hydrogens (tertiary/aromatic N) is 6. The number of aromatic nitrogens is 6. The SMILES string of the molecule is O=C1CCC(CNc2nc(Cn3nc(-c4ccc(Cl)cc4)n(CC(O)C(F)(F)F)c3=O)nn2-c2ccccc2Cl)N1. The van der Waals surface area contributed by atoms with E-state index in [-0.39, 0.29) is 36.1 Å². The van der Waals surface area contributed by atoms with Crippen molar-refractivity contribution in [1.29, 1.82) is 0 Å². The van der Waals surface area contributed by atoms with Gasteiger partial charge >= 0.3 is 11.9 Å². The molecule has 0 radical (unpaired) electrons. The third-order valence-corrected chi connectivity index (χ3v) is 6.94. The average Bonchev–Trinajstić information content (AvgIpc) is 3.61. The van der Waals surface area contributed by atoms with Crippen LogP contribution in [-0.4, -0.2) is 65.0 Å². The van der Waals surface area contributed by atoms with Crippen molar-refractivity contribution in [2.75, 3.05) is 11.9 Å². The lowest BCUT2D eigenvalue weighted by Gasteiger charge is -2.15. The largest absolute Gasteiger partial charge is 0.416 e. The van der Waals surface area contributed by atoms with Crippen molar-refractivity contribution in [3.63, 3.8) is 0 Å². The van der Waals surface area contributed by atoms with Crippen molar-refractivity contribution in [2.24, 2.45) is 0 Å². The number of anilines is 1. The molecule has 1 fully saturated rings. The Morgan fingerprint density at radius 1 is 1.10 bits per heavy atom. The van der Waals surface area contributed by atoms with Gasteiger partial charge in [0.25, 0.3) is 0 Å². The highest BCUT2D eigenvalue weighted by Crippen LogP contribution is 2.25. The van der Waals surface area contributed by atoms with Gasteiger partial charge in [-0.3, -0.25) is 9.36 Å². The van der Waals surface area contributed by atoms with Crippen LogP contribution in [0.3, 0.4) is 0 Å². The smallest absolute Gasteiger partial charge is 0.382 e. The standard InChI is InChI=1S/C25H23Cl2F3N8O3/c26-15-7-5-14(6-8-15)22-35-37(24(41)36(22)12-19(39)25(28,29)30)13-20-33-23(31-11-16-9-10-21(40)32-16)38(34-20)18-4-2-1-3-17(18)27/h1-8,16,19,39H,9-13H2,(H,32,40)(H,31,33,34). The predicted octanol–water partition coefficient (Wildman–Crippen LogP) is 3.26. The number of halogens is 5. The third kappa shape index (κ3) is 6.39. The van der Waals surface area contributed by atoms with Gasteiger partial charge in [-0.05, 0) is 42.8 Å². The summed E-state index contributed by atoms with van der Waals surface area (Å²) < 4.78 is 42.6. The monoisotopic (exact) mass is 610 g/mol. The van der Waals surface area contributed by atoms with E-state index in [9.17, 15) is 27.9 Å². The van der Waals surface area contributed by atoms with E-state index in [0.29, 0.717) is 40.7 Å². The number of aliphatic hydroxyl groups is 1. The number of benzene rings is 2. The van der Waals surface area contributed by atoms with Gasteiger partial charge < -0.3 is 15.7 Å². The van der Waals surface area contributed by atoms with Crippen molar-refractivity contribution in [1.82, 2.24) is 34.4 Å². The van der Waals surface area contributed by atoms with Gasteiger partial charge in [-0.1, -0.05) is 35.3 Å². The molecule has 1 saturated heterocycles. The highest BCUT2D eigenvalue weighted by atomic mass is 35.5. The van der Waals surface area contributed by atoms with Crippen LogP contribution in [0, 0.1) is 0 Å². The summed E-state index contributed by atoms with van der Waals surface area (Å²) in [5.74, 6) is 0.226. The highest BCUT2D eigenvalue weighted by molar-refractivity contribution is 6.32. The maximum Gasteiger partial charge on any atom is 0.416 e. The van der Waals surface area contributed by atoms with Crippen LogP contribution in [0.5, 0.6) is 0 Å². The molecule has 0 aliphatic carbocycles. The van der Waals surface area contributed by atoms with Crippen molar-refractivity contribution in [3.05, 3.63) is 74.9 Å². The quantitative estimate of drug-likeness (QED) is 0.265. The van der Waals surface area contributed by atoms with Crippen LogP contribution in [0.15, 0.2) is 53.3 Å². The fourth-order valence-electron chi connectivity index (χ4n) is 4.30. The Labute approximate surface area is 240 Å². The number of rotatable bonds is 9. The lowest BCUT2D eigenvalue weighted by molar-refractivity contribution is -0.207. The molecule has 0 spiro atoms. The zero-order valence-electron chi connectivity index (χ0n) is 21.1. The molecule has 2 atom stereocenters. The van der Waals surface area contributed by atoms with E-state index >= 15 is 0 Å². The van der Waals surface area contributed by atoms with Crippen LogP contribution >= 0.6 is 23.2 Å². The third-order valence-electron chi connectivity index (χ3n) is 6.37. The lowest BCUT2D eigenvalue weighted by Crippen LogP contribution is -2.37. The van der Waals surface area contributed by atoms with Gasteiger partial charge in [0.2, 0.25) is 11.9 Å². The first-order valence-electron chi connectivity index (χ1n) is 12.4. The summed E-state index contributed by atoms with van der Waals surface area (Å²) in [7, 11) is 0. The number of aliphatic hydroxyl groups excluding tert-OH is 1. The molecule has 2 aromatic heterocycles. The van der Waals surface area contributed by atoms with Crippen molar-refractivity contribution in [3.8, 4) is 17.1 Å². The summed E-state index contributed by atoms with van der Waals surface area (Å²) in [6, 6.07) is 12.7. The van der Waals surface area contributed by atoms with Gasteiger partial charge in [0.1, 0.15) is 6.54 Å². The van der Waals surface area contributed by atoms with Crippen LogP contribution < -0.4 is 16.3 Å². The van der Waals surface area contributed by atoms with Crippen LogP contribution in [0.4, 0.5) is 19.1 Å². The molecule has 0 bridgehead atoms. The molecule has 1 aliphatic heterocycles. The Hall–Kier alpha value is -3.88. The maximum atomic E-state index is 13.3. The first-order chi connectivity index (χ1) is 19.5. The second-order valence-corrected chi connectivity index (χ2v) is 10.2. The zero-order valence-corrected chi connectivity index (χ0v) is 22.7. The molecule has 5 rings (SSSR count). The van der Waals surface area contributed by atoms with E-state index < -0.39 is 24.5 Å². The number of hydrogen-bond acceptors (Lipinski definition) is 7. The molecule has 2 unspecified atom stereocenters. The fourth-order valence-corrected chi connectivity index (χ4v) is 4.65. The molecular formula is C25H23Cl2F3N8O3. The number of carbonyl (C=O) groups excluding carboxylic acids is 1. The van der Waals surface area contributed by atoms with E-state index in [2.05, 4.69) is 25.8 Å². The highest BCUT2D eigenvalue weighted by Gasteiger charge is 2.39. The normalized spacial score (nSPS) is 16.1. The fraction of sp³-hybridized carbons (Fsp3) is 0.320. The summed E-state index contributed by atoms with van der Waals surface area (Å²) in [5.41, 5.74) is -0.107. The second kappa shape index (κ2) is 11.5. The van der Waals surface area contributed by atoms with Gasteiger partial charge in [0.05, 0.1) is 17.3 Å². The van der Waals surface area contributed by atoms with E-state index in [1.807, 2.05) is 0 Å². The zero-order chi connectivity index (χ0) is 29.3. The number of carbonyl (C=O) groups is 1. The molecule has 3 heterocycles. The molecule has 4 aromatic rings. The van der Waals surface area contributed by atoms with Crippen molar-refractivity contribution >= 4 is 35.1 Å².